The van der Waals surface area contributed by atoms with Crippen LogP contribution in [0, 0.1) is 0 Å². The van der Waals surface area contributed by atoms with Crippen molar-refractivity contribution >= 4 is 22.8 Å². The molecule has 1 atom stereocenters. The third-order valence-electron chi connectivity index (χ3n) is 6.56. The number of H-pyrrole nitrogens is 1. The fraction of sp³-hybridized carbons (Fsp3) is 0.524. The summed E-state index contributed by atoms with van der Waals surface area (Å²) in [5.74, 6) is -0.0372. The van der Waals surface area contributed by atoms with Crippen LogP contribution in [0.4, 0.5) is 4.79 Å². The molecule has 2 fully saturated rings. The zero-order valence-corrected chi connectivity index (χ0v) is 15.8. The standard InChI is InChI=1S/C21H26N4O2/c1-21-13-16-15-7-2-3-8-17(15)22-18(16)14-25(21)20(27)24(19(21)26)12-6-11-23-9-4-5-10-23/h2-3,7-8,22H,4-6,9-14H2,1H3. The highest BCUT2D eigenvalue weighted by Gasteiger charge is 2.56. The molecule has 0 bridgehead atoms. The van der Waals surface area contributed by atoms with E-state index in [0.717, 1.165) is 37.3 Å². The number of aromatic nitrogens is 1. The van der Waals surface area contributed by atoms with Gasteiger partial charge < -0.3 is 14.8 Å². The highest BCUT2D eigenvalue weighted by Crippen LogP contribution is 2.40. The van der Waals surface area contributed by atoms with Crippen molar-refractivity contribution in [2.45, 2.75) is 44.7 Å². The maximum absolute atomic E-state index is 13.2. The third kappa shape index (κ3) is 2.50. The lowest BCUT2D eigenvalue weighted by atomic mass is 9.86. The lowest BCUT2D eigenvalue weighted by Gasteiger charge is -2.35. The van der Waals surface area contributed by atoms with Crippen molar-refractivity contribution in [1.29, 1.82) is 0 Å². The molecule has 3 amide bonds. The second-order valence-corrected chi connectivity index (χ2v) is 8.31. The van der Waals surface area contributed by atoms with E-state index in [1.165, 1.54) is 28.7 Å². The summed E-state index contributed by atoms with van der Waals surface area (Å²) in [6.45, 7) is 6.19. The van der Waals surface area contributed by atoms with E-state index in [-0.39, 0.29) is 11.9 Å². The van der Waals surface area contributed by atoms with Crippen molar-refractivity contribution in [2.75, 3.05) is 26.2 Å². The topological polar surface area (TPSA) is 59.7 Å². The molecule has 0 spiro atoms. The molecule has 1 aromatic carbocycles. The van der Waals surface area contributed by atoms with Crippen LogP contribution in [-0.2, 0) is 17.8 Å². The number of amides is 3. The molecule has 0 radical (unpaired) electrons. The van der Waals surface area contributed by atoms with E-state index in [0.29, 0.717) is 19.5 Å². The average molecular weight is 366 g/mol. The maximum atomic E-state index is 13.2. The highest BCUT2D eigenvalue weighted by atomic mass is 16.2. The summed E-state index contributed by atoms with van der Waals surface area (Å²) in [5.41, 5.74) is 2.57. The van der Waals surface area contributed by atoms with Crippen LogP contribution in [0.3, 0.4) is 0 Å². The van der Waals surface area contributed by atoms with Gasteiger partial charge in [0.1, 0.15) is 5.54 Å². The first kappa shape index (κ1) is 16.8. The first-order valence-electron chi connectivity index (χ1n) is 10.0. The number of carbonyl (C=O) groups excluding carboxylic acids is 2. The Morgan fingerprint density at radius 1 is 1.11 bits per heavy atom. The Kier molecular flexibility index (Phi) is 3.79. The lowest BCUT2D eigenvalue weighted by molar-refractivity contribution is -0.133. The summed E-state index contributed by atoms with van der Waals surface area (Å²) in [7, 11) is 0. The molecule has 4 heterocycles. The molecule has 142 valence electrons. The van der Waals surface area contributed by atoms with Crippen LogP contribution in [-0.4, -0.2) is 63.3 Å². The fourth-order valence-corrected chi connectivity index (χ4v) is 5.01. The van der Waals surface area contributed by atoms with E-state index in [2.05, 4.69) is 22.0 Å². The van der Waals surface area contributed by atoms with E-state index in [1.54, 1.807) is 4.90 Å². The Morgan fingerprint density at radius 3 is 2.70 bits per heavy atom. The van der Waals surface area contributed by atoms with Crippen LogP contribution in [0.5, 0.6) is 0 Å². The number of para-hydroxylation sites is 1. The number of likely N-dealkylation sites (tertiary alicyclic amines) is 1. The molecular weight excluding hydrogens is 340 g/mol. The van der Waals surface area contributed by atoms with E-state index in [9.17, 15) is 9.59 Å². The molecule has 6 nitrogen and oxygen atoms in total. The first-order chi connectivity index (χ1) is 13.1. The average Bonchev–Trinajstić information content (AvgIpc) is 3.34. The van der Waals surface area contributed by atoms with Gasteiger partial charge in [0.25, 0.3) is 5.91 Å². The first-order valence-corrected chi connectivity index (χ1v) is 10.0. The molecule has 2 aromatic rings. The predicted octanol–water partition coefficient (Wildman–Crippen LogP) is 2.73. The molecule has 27 heavy (non-hydrogen) atoms. The van der Waals surface area contributed by atoms with E-state index in [1.807, 2.05) is 19.1 Å². The van der Waals surface area contributed by atoms with Gasteiger partial charge in [-0.2, -0.15) is 0 Å². The number of hydrogen-bond acceptors (Lipinski definition) is 3. The van der Waals surface area contributed by atoms with E-state index < -0.39 is 5.54 Å². The number of benzene rings is 1. The summed E-state index contributed by atoms with van der Waals surface area (Å²) in [6, 6.07) is 8.05. The number of rotatable bonds is 4. The number of fused-ring (bicyclic) bond motifs is 4. The van der Waals surface area contributed by atoms with Crippen molar-refractivity contribution in [2.24, 2.45) is 0 Å². The van der Waals surface area contributed by atoms with E-state index >= 15 is 0 Å². The van der Waals surface area contributed by atoms with Crippen molar-refractivity contribution in [1.82, 2.24) is 19.7 Å². The molecule has 5 rings (SSSR count). The molecule has 1 N–H and O–H groups in total. The number of urea groups is 1. The number of nitrogens with zero attached hydrogens (tertiary/aromatic N) is 3. The van der Waals surface area contributed by atoms with Gasteiger partial charge in [0.15, 0.2) is 0 Å². The smallest absolute Gasteiger partial charge is 0.328 e. The summed E-state index contributed by atoms with van der Waals surface area (Å²) < 4.78 is 0. The second-order valence-electron chi connectivity index (χ2n) is 8.31. The SMILES string of the molecule is CC12Cc3c([nH]c4ccccc34)CN1C(=O)N(CCCN1CCCC1)C2=O. The summed E-state index contributed by atoms with van der Waals surface area (Å²) in [6.07, 6.45) is 3.97. The van der Waals surface area contributed by atoms with Gasteiger partial charge in [0.05, 0.1) is 6.54 Å². The quantitative estimate of drug-likeness (QED) is 0.847. The number of aromatic amines is 1. The van der Waals surface area contributed by atoms with Gasteiger partial charge in [-0.15, -0.1) is 0 Å². The van der Waals surface area contributed by atoms with Gasteiger partial charge in [-0.05, 0) is 57.5 Å². The second kappa shape index (κ2) is 6.09. The van der Waals surface area contributed by atoms with Crippen LogP contribution in [0.1, 0.15) is 37.4 Å². The maximum Gasteiger partial charge on any atom is 0.328 e. The predicted molar refractivity (Wildman–Crippen MR) is 103 cm³/mol. The molecule has 3 aliphatic rings. The van der Waals surface area contributed by atoms with Gasteiger partial charge >= 0.3 is 6.03 Å². The lowest BCUT2D eigenvalue weighted by Crippen LogP contribution is -2.51. The Bertz CT molecular complexity index is 914. The minimum atomic E-state index is -0.761. The molecule has 0 aliphatic carbocycles. The van der Waals surface area contributed by atoms with Gasteiger partial charge in [0.2, 0.25) is 0 Å². The Hall–Kier alpha value is -2.34. The van der Waals surface area contributed by atoms with Crippen LogP contribution in [0.15, 0.2) is 24.3 Å². The fourth-order valence-electron chi connectivity index (χ4n) is 5.01. The molecule has 1 unspecified atom stereocenters. The summed E-state index contributed by atoms with van der Waals surface area (Å²) in [4.78, 5) is 35.3. The van der Waals surface area contributed by atoms with Crippen LogP contribution >= 0.6 is 0 Å². The van der Waals surface area contributed by atoms with Gasteiger partial charge in [0, 0.05) is 29.6 Å². The van der Waals surface area contributed by atoms with Gasteiger partial charge in [-0.3, -0.25) is 9.69 Å². The van der Waals surface area contributed by atoms with Gasteiger partial charge in [-0.25, -0.2) is 4.79 Å². The third-order valence-corrected chi connectivity index (χ3v) is 6.56. The minimum Gasteiger partial charge on any atom is -0.357 e. The normalized spacial score (nSPS) is 25.5. The number of nitrogens with one attached hydrogen (secondary N) is 1. The number of carbonyl (C=O) groups is 2. The Labute approximate surface area is 159 Å². The van der Waals surface area contributed by atoms with Gasteiger partial charge in [-0.1, -0.05) is 18.2 Å². The van der Waals surface area contributed by atoms with Crippen molar-refractivity contribution in [3.8, 4) is 0 Å². The van der Waals surface area contributed by atoms with Crippen molar-refractivity contribution in [3.05, 3.63) is 35.5 Å². The zero-order valence-electron chi connectivity index (χ0n) is 15.8. The Morgan fingerprint density at radius 2 is 1.89 bits per heavy atom. The monoisotopic (exact) mass is 366 g/mol. The summed E-state index contributed by atoms with van der Waals surface area (Å²) >= 11 is 0. The Balaban J connectivity index is 1.37. The number of hydrogen-bond donors (Lipinski definition) is 1. The van der Waals surface area contributed by atoms with Crippen LogP contribution in [0.25, 0.3) is 10.9 Å². The molecule has 2 saturated heterocycles. The largest absolute Gasteiger partial charge is 0.357 e. The minimum absolute atomic E-state index is 0.0372. The molecule has 0 saturated carbocycles. The molecule has 6 heteroatoms. The zero-order chi connectivity index (χ0) is 18.6. The molecule has 3 aliphatic heterocycles. The highest BCUT2D eigenvalue weighted by molar-refractivity contribution is 6.07. The molecular formula is C21H26N4O2. The molecule has 1 aromatic heterocycles. The summed E-state index contributed by atoms with van der Waals surface area (Å²) in [5, 5.41) is 1.17. The van der Waals surface area contributed by atoms with Crippen LogP contribution in [0.2, 0.25) is 0 Å². The van der Waals surface area contributed by atoms with Crippen molar-refractivity contribution < 1.29 is 9.59 Å². The van der Waals surface area contributed by atoms with E-state index in [4.69, 9.17) is 0 Å². The number of imide groups is 1. The van der Waals surface area contributed by atoms with Crippen molar-refractivity contribution in [3.63, 3.8) is 0 Å². The van der Waals surface area contributed by atoms with Crippen LogP contribution < -0.4 is 0 Å².